The number of hydrogen-bond donors (Lipinski definition) is 0. The smallest absolute Gasteiger partial charge is 0.138 e. The van der Waals surface area contributed by atoms with Crippen LogP contribution >= 0.6 is 18.2 Å². The van der Waals surface area contributed by atoms with Gasteiger partial charge in [-0.2, -0.15) is 0 Å². The summed E-state index contributed by atoms with van der Waals surface area (Å²) in [4.78, 5) is 0. The largest absolute Gasteiger partial charge is 1.00 e. The first-order chi connectivity index (χ1) is 2.00. The molecular weight excluding hydrogens is 139 g/mol. The molecule has 2 nitrogen and oxygen atoms in total. The summed E-state index contributed by atoms with van der Waals surface area (Å²) in [5, 5.41) is 0. The zero-order valence-corrected chi connectivity index (χ0v) is 6.20. The Bertz CT molecular complexity index is 13.5. The maximum Gasteiger partial charge on any atom is 0.138 e. The van der Waals surface area contributed by atoms with E-state index in [4.69, 9.17) is 9.13 Å². The second-order valence-electron chi connectivity index (χ2n) is 0. The van der Waals surface area contributed by atoms with Crippen molar-refractivity contribution in [3.05, 3.63) is 0 Å². The summed E-state index contributed by atoms with van der Waals surface area (Å²) in [6, 6.07) is 0. The molecule has 0 aromatic rings. The van der Waals surface area contributed by atoms with Crippen LogP contribution in [0.1, 0.15) is 1.43 Å². The molecular formula is H3O2P2Sc-. The summed E-state index contributed by atoms with van der Waals surface area (Å²) < 4.78 is 16.1. The molecule has 0 aliphatic heterocycles. The molecule has 0 spiro atoms. The van der Waals surface area contributed by atoms with E-state index < -0.39 is 0 Å². The molecule has 0 aliphatic rings. The second kappa shape index (κ2) is 73.3. The van der Waals surface area contributed by atoms with Crippen LogP contribution in [0, 0.1) is 0 Å². The van der Waals surface area contributed by atoms with E-state index in [9.17, 15) is 0 Å². The Labute approximate surface area is 54.8 Å². The zero-order chi connectivity index (χ0) is 4.00. The van der Waals surface area contributed by atoms with Crippen LogP contribution in [-0.2, 0) is 35.0 Å². The fourth-order valence-corrected chi connectivity index (χ4v) is 0. The minimum Gasteiger partial charge on any atom is -1.00 e. The van der Waals surface area contributed by atoms with Crippen LogP contribution in [0.25, 0.3) is 0 Å². The van der Waals surface area contributed by atoms with Crippen molar-refractivity contribution >= 4 is 18.2 Å². The van der Waals surface area contributed by atoms with Gasteiger partial charge in [-0.25, -0.2) is 0 Å². The van der Waals surface area contributed by atoms with Gasteiger partial charge in [0.25, 0.3) is 0 Å². The molecule has 0 aliphatic carbocycles. The molecule has 0 fully saturated rings. The normalized spacial score (nSPS) is 1.60. The molecule has 0 aromatic heterocycles. The standard InChI is InChI=1S/2HOP.Sc.H/c2*1-2;;/h2*2H;;/q;;;-1. The Morgan fingerprint density at radius 1 is 1.00 bits per heavy atom. The van der Waals surface area contributed by atoms with Crippen LogP contribution in [0.4, 0.5) is 0 Å². The molecule has 0 bridgehead atoms. The number of rotatable bonds is 0. The third-order valence-electron chi connectivity index (χ3n) is 0. The molecule has 0 amide bonds. The van der Waals surface area contributed by atoms with Gasteiger partial charge in [0.1, 0.15) is 18.2 Å². The van der Waals surface area contributed by atoms with Crippen LogP contribution in [-0.4, -0.2) is 0 Å². The fourth-order valence-electron chi connectivity index (χ4n) is 0. The minimum atomic E-state index is 0. The van der Waals surface area contributed by atoms with Crippen LogP contribution in [0.2, 0.25) is 0 Å². The van der Waals surface area contributed by atoms with Crippen LogP contribution < -0.4 is 0 Å². The summed E-state index contributed by atoms with van der Waals surface area (Å²) in [5.74, 6) is 0. The summed E-state index contributed by atoms with van der Waals surface area (Å²) in [5.41, 5.74) is 0. The van der Waals surface area contributed by atoms with Crippen LogP contribution in [0.15, 0.2) is 0 Å². The average Bonchev–Trinajstić information content (AvgIpc) is 1.50. The van der Waals surface area contributed by atoms with Gasteiger partial charge in [-0.3, -0.25) is 9.13 Å². The van der Waals surface area contributed by atoms with Crippen molar-refractivity contribution in [1.29, 1.82) is 0 Å². The molecule has 0 atom stereocenters. The first-order valence-corrected chi connectivity index (χ1v) is 1.22. The van der Waals surface area contributed by atoms with E-state index in [1.54, 1.807) is 18.2 Å². The van der Waals surface area contributed by atoms with Gasteiger partial charge < -0.3 is 1.43 Å². The van der Waals surface area contributed by atoms with E-state index in [0.717, 1.165) is 0 Å². The summed E-state index contributed by atoms with van der Waals surface area (Å²) in [7, 11) is 3.44. The van der Waals surface area contributed by atoms with Crippen molar-refractivity contribution in [2.75, 3.05) is 0 Å². The summed E-state index contributed by atoms with van der Waals surface area (Å²) in [6.45, 7) is 0. The third-order valence-corrected chi connectivity index (χ3v) is 0. The van der Waals surface area contributed by atoms with Gasteiger partial charge in [-0.1, -0.05) is 0 Å². The van der Waals surface area contributed by atoms with E-state index in [-0.39, 0.29) is 27.3 Å². The predicted octanol–water partition coefficient (Wildman–Crippen LogP) is 1.06. The molecule has 0 aromatic carbocycles. The van der Waals surface area contributed by atoms with Crippen LogP contribution in [0.5, 0.6) is 0 Å². The molecule has 0 rings (SSSR count). The SMILES string of the molecule is O=P.O=P.[H-].[Sc]. The number of hydrogen-bond acceptors (Lipinski definition) is 2. The van der Waals surface area contributed by atoms with Crippen molar-refractivity contribution in [2.24, 2.45) is 0 Å². The van der Waals surface area contributed by atoms with Gasteiger partial charge in [0.15, 0.2) is 0 Å². The minimum absolute atomic E-state index is 0. The molecule has 0 N–H and O–H groups in total. The Morgan fingerprint density at radius 2 is 1.00 bits per heavy atom. The van der Waals surface area contributed by atoms with Gasteiger partial charge in [-0.05, 0) is 0 Å². The van der Waals surface area contributed by atoms with Gasteiger partial charge in [-0.15, -0.1) is 0 Å². The first kappa shape index (κ1) is 16.6. The average molecular weight is 142 g/mol. The Balaban J connectivity index is -0.00000000500. The van der Waals surface area contributed by atoms with Crippen molar-refractivity contribution in [3.8, 4) is 0 Å². The van der Waals surface area contributed by atoms with E-state index >= 15 is 0 Å². The zero-order valence-electron chi connectivity index (χ0n) is 3.39. The molecule has 0 unspecified atom stereocenters. The van der Waals surface area contributed by atoms with Crippen molar-refractivity contribution in [1.82, 2.24) is 0 Å². The van der Waals surface area contributed by atoms with Gasteiger partial charge in [0.2, 0.25) is 0 Å². The third kappa shape index (κ3) is 41.7. The first-order valence-electron chi connectivity index (χ1n) is 0.408. The predicted molar refractivity (Wildman–Crippen MR) is 19.1 cm³/mol. The van der Waals surface area contributed by atoms with Crippen molar-refractivity contribution < 1.29 is 36.4 Å². The molecule has 1 radical (unpaired) electrons. The van der Waals surface area contributed by atoms with Gasteiger partial charge in [0, 0.05) is 25.8 Å². The Hall–Kier alpha value is 1.07. The molecule has 5 heavy (non-hydrogen) atoms. The molecule has 0 saturated heterocycles. The van der Waals surface area contributed by atoms with E-state index in [1.807, 2.05) is 0 Å². The van der Waals surface area contributed by atoms with Crippen LogP contribution in [0.3, 0.4) is 0 Å². The summed E-state index contributed by atoms with van der Waals surface area (Å²) >= 11 is 0. The van der Waals surface area contributed by atoms with E-state index in [2.05, 4.69) is 0 Å². The monoisotopic (exact) mass is 142 g/mol. The van der Waals surface area contributed by atoms with Crippen molar-refractivity contribution in [2.45, 2.75) is 0 Å². The Kier molecular flexibility index (Phi) is 243. The Morgan fingerprint density at radius 3 is 1.00 bits per heavy atom. The van der Waals surface area contributed by atoms with E-state index in [0.29, 0.717) is 0 Å². The second-order valence-corrected chi connectivity index (χ2v) is 0. The van der Waals surface area contributed by atoms with Gasteiger partial charge in [0.05, 0.1) is 0 Å². The molecule has 29 valence electrons. The molecule has 0 saturated carbocycles. The summed E-state index contributed by atoms with van der Waals surface area (Å²) in [6.07, 6.45) is 0. The molecule has 5 heteroatoms. The molecule has 0 heterocycles. The van der Waals surface area contributed by atoms with E-state index in [1.165, 1.54) is 0 Å². The quantitative estimate of drug-likeness (QED) is 0.473. The van der Waals surface area contributed by atoms with Gasteiger partial charge >= 0.3 is 0 Å². The maximum atomic E-state index is 8.06. The van der Waals surface area contributed by atoms with Crippen molar-refractivity contribution in [3.63, 3.8) is 0 Å². The fraction of sp³-hybridized carbons (Fsp3) is 0. The topological polar surface area (TPSA) is 34.1 Å². The maximum absolute atomic E-state index is 8.06.